The number of benzene rings is 1. The Labute approximate surface area is 171 Å². The number of nitrogens with zero attached hydrogens (tertiary/aromatic N) is 5. The second-order valence-corrected chi connectivity index (χ2v) is 7.20. The maximum Gasteiger partial charge on any atom is 0.258 e. The number of amides is 1. The molecule has 8 nitrogen and oxygen atoms in total. The minimum atomic E-state index is -0.372. The van der Waals surface area contributed by atoms with Crippen LogP contribution in [0.5, 0.6) is 0 Å². The summed E-state index contributed by atoms with van der Waals surface area (Å²) in [5.74, 6) is 0.0152. The molecule has 2 aromatic heterocycles. The fourth-order valence-electron chi connectivity index (χ4n) is 3.07. The summed E-state index contributed by atoms with van der Waals surface area (Å²) in [4.78, 5) is 23.4. The van der Waals surface area contributed by atoms with Crippen LogP contribution in [0.2, 0.25) is 10.0 Å². The van der Waals surface area contributed by atoms with Crippen molar-refractivity contribution in [1.29, 1.82) is 0 Å². The third-order valence-corrected chi connectivity index (χ3v) is 5.12. The van der Waals surface area contributed by atoms with Gasteiger partial charge in [0.2, 0.25) is 0 Å². The molecule has 0 radical (unpaired) electrons. The molecule has 10 heteroatoms. The highest BCUT2D eigenvalue weighted by atomic mass is 35.5. The van der Waals surface area contributed by atoms with Crippen LogP contribution in [0.25, 0.3) is 11.0 Å². The number of carbonyl (C=O) groups is 1. The van der Waals surface area contributed by atoms with E-state index in [1.165, 1.54) is 12.4 Å². The molecule has 28 heavy (non-hydrogen) atoms. The van der Waals surface area contributed by atoms with Crippen LogP contribution in [0, 0.1) is 0 Å². The highest BCUT2D eigenvalue weighted by Crippen LogP contribution is 2.24. The summed E-state index contributed by atoms with van der Waals surface area (Å²) in [7, 11) is 0. The van der Waals surface area contributed by atoms with Crippen LogP contribution in [-0.2, 0) is 11.3 Å². The third-order valence-electron chi connectivity index (χ3n) is 4.57. The van der Waals surface area contributed by atoms with Crippen molar-refractivity contribution in [1.82, 2.24) is 24.6 Å². The first kappa shape index (κ1) is 19.1. The normalized spacial score (nSPS) is 15.1. The van der Waals surface area contributed by atoms with Crippen LogP contribution in [0.15, 0.2) is 30.7 Å². The number of halogens is 2. The Kier molecular flexibility index (Phi) is 5.72. The van der Waals surface area contributed by atoms with Gasteiger partial charge in [0.25, 0.3) is 5.91 Å². The van der Waals surface area contributed by atoms with Crippen molar-refractivity contribution in [3.63, 3.8) is 0 Å². The molecule has 1 aliphatic heterocycles. The summed E-state index contributed by atoms with van der Waals surface area (Å²) >= 11 is 12.0. The summed E-state index contributed by atoms with van der Waals surface area (Å²) in [5.41, 5.74) is 0.985. The molecule has 0 bridgehead atoms. The fraction of sp³-hybridized carbons (Fsp3) is 0.333. The average Bonchev–Trinajstić information content (AvgIpc) is 3.11. The maximum atomic E-state index is 12.6. The number of aromatic nitrogens is 4. The molecule has 0 spiro atoms. The molecule has 0 atom stereocenters. The fourth-order valence-corrected chi connectivity index (χ4v) is 3.56. The molecule has 1 amide bonds. The van der Waals surface area contributed by atoms with Crippen LogP contribution in [0.1, 0.15) is 10.4 Å². The van der Waals surface area contributed by atoms with Crippen molar-refractivity contribution in [3.8, 4) is 0 Å². The van der Waals surface area contributed by atoms with E-state index in [0.29, 0.717) is 34.0 Å². The van der Waals surface area contributed by atoms with Gasteiger partial charge in [-0.25, -0.2) is 14.6 Å². The van der Waals surface area contributed by atoms with Crippen molar-refractivity contribution < 1.29 is 9.53 Å². The first-order valence-electron chi connectivity index (χ1n) is 8.85. The highest BCUT2D eigenvalue weighted by Gasteiger charge is 2.16. The molecule has 146 valence electrons. The number of ether oxygens (including phenoxy) is 1. The number of fused-ring (bicyclic) bond motifs is 1. The molecule has 0 unspecified atom stereocenters. The van der Waals surface area contributed by atoms with Gasteiger partial charge in [0.15, 0.2) is 5.65 Å². The Bertz CT molecular complexity index is 1000. The molecular weight excluding hydrogens is 403 g/mol. The lowest BCUT2D eigenvalue weighted by Crippen LogP contribution is -2.38. The van der Waals surface area contributed by atoms with Crippen LogP contribution >= 0.6 is 23.2 Å². The smallest absolute Gasteiger partial charge is 0.258 e. The van der Waals surface area contributed by atoms with Gasteiger partial charge in [-0.15, -0.1) is 0 Å². The number of morpholine rings is 1. The lowest BCUT2D eigenvalue weighted by atomic mass is 10.2. The number of carbonyl (C=O) groups excluding carboxylic acids is 1. The van der Waals surface area contributed by atoms with E-state index < -0.39 is 0 Å². The summed E-state index contributed by atoms with van der Waals surface area (Å²) in [6.45, 7) is 4.88. The number of anilines is 1. The predicted molar refractivity (Wildman–Crippen MR) is 107 cm³/mol. The third kappa shape index (κ3) is 4.10. The first-order chi connectivity index (χ1) is 13.6. The van der Waals surface area contributed by atoms with Crippen LogP contribution in [-0.4, -0.2) is 63.4 Å². The summed E-state index contributed by atoms with van der Waals surface area (Å²) in [6.07, 6.45) is 3.07. The molecule has 1 aromatic carbocycles. The second kappa shape index (κ2) is 8.40. The van der Waals surface area contributed by atoms with Gasteiger partial charge in [0.05, 0.1) is 41.9 Å². The van der Waals surface area contributed by atoms with Crippen molar-refractivity contribution in [2.45, 2.75) is 6.54 Å². The second-order valence-electron chi connectivity index (χ2n) is 6.36. The average molecular weight is 421 g/mol. The standard InChI is InChI=1S/C18H18Cl2N6O2/c19-12-1-2-13(15(20)9-12)18(27)24-16-14-10-23-26(17(14)22-11-21-16)4-3-25-5-7-28-8-6-25/h1-2,9-11H,3-8H2,(H,21,22,24,27). The number of hydrogen-bond donors (Lipinski definition) is 1. The van der Waals surface area contributed by atoms with E-state index in [9.17, 15) is 4.79 Å². The Morgan fingerprint density at radius 1 is 1.18 bits per heavy atom. The van der Waals surface area contributed by atoms with Crippen LogP contribution in [0.4, 0.5) is 5.82 Å². The van der Waals surface area contributed by atoms with Crippen molar-refractivity contribution in [2.75, 3.05) is 38.2 Å². The van der Waals surface area contributed by atoms with E-state index in [1.807, 2.05) is 4.68 Å². The van der Waals surface area contributed by atoms with Gasteiger partial charge in [0.1, 0.15) is 12.1 Å². The number of nitrogens with one attached hydrogen (secondary N) is 1. The molecule has 1 N–H and O–H groups in total. The molecule has 4 rings (SSSR count). The molecule has 1 fully saturated rings. The Morgan fingerprint density at radius 3 is 2.79 bits per heavy atom. The van der Waals surface area contributed by atoms with Crippen molar-refractivity contribution >= 4 is 46.0 Å². The Balaban J connectivity index is 1.52. The van der Waals surface area contributed by atoms with E-state index >= 15 is 0 Å². The maximum absolute atomic E-state index is 12.6. The zero-order chi connectivity index (χ0) is 19.5. The molecule has 3 heterocycles. The van der Waals surface area contributed by atoms with E-state index in [1.54, 1.807) is 18.3 Å². The minimum absolute atomic E-state index is 0.275. The summed E-state index contributed by atoms with van der Waals surface area (Å²) in [6, 6.07) is 4.71. The first-order valence-corrected chi connectivity index (χ1v) is 9.60. The van der Waals surface area contributed by atoms with E-state index in [2.05, 4.69) is 25.3 Å². The molecule has 3 aromatic rings. The van der Waals surface area contributed by atoms with E-state index in [0.717, 1.165) is 32.8 Å². The van der Waals surface area contributed by atoms with Crippen molar-refractivity contribution in [2.24, 2.45) is 0 Å². The zero-order valence-corrected chi connectivity index (χ0v) is 16.4. The number of hydrogen-bond acceptors (Lipinski definition) is 6. The quantitative estimate of drug-likeness (QED) is 0.682. The Morgan fingerprint density at radius 2 is 2.00 bits per heavy atom. The van der Waals surface area contributed by atoms with Gasteiger partial charge in [-0.3, -0.25) is 9.69 Å². The zero-order valence-electron chi connectivity index (χ0n) is 14.9. The molecule has 1 saturated heterocycles. The monoisotopic (exact) mass is 420 g/mol. The van der Waals surface area contributed by atoms with Crippen LogP contribution in [0.3, 0.4) is 0 Å². The van der Waals surface area contributed by atoms with Gasteiger partial charge in [-0.2, -0.15) is 5.10 Å². The highest BCUT2D eigenvalue weighted by molar-refractivity contribution is 6.37. The van der Waals surface area contributed by atoms with Gasteiger partial charge in [0, 0.05) is 24.7 Å². The van der Waals surface area contributed by atoms with Gasteiger partial charge in [-0.1, -0.05) is 23.2 Å². The predicted octanol–water partition coefficient (Wildman–Crippen LogP) is 2.72. The Hall–Kier alpha value is -2.26. The van der Waals surface area contributed by atoms with Crippen LogP contribution < -0.4 is 5.32 Å². The SMILES string of the molecule is O=C(Nc1ncnc2c1cnn2CCN1CCOCC1)c1ccc(Cl)cc1Cl. The topological polar surface area (TPSA) is 85.2 Å². The molecule has 1 aliphatic rings. The molecular formula is C18H18Cl2N6O2. The summed E-state index contributed by atoms with van der Waals surface area (Å²) in [5, 5.41) is 8.60. The molecule has 0 saturated carbocycles. The van der Waals surface area contributed by atoms with E-state index in [4.69, 9.17) is 27.9 Å². The lowest BCUT2D eigenvalue weighted by molar-refractivity contribution is 0.0361. The summed E-state index contributed by atoms with van der Waals surface area (Å²) < 4.78 is 7.19. The largest absolute Gasteiger partial charge is 0.379 e. The van der Waals surface area contributed by atoms with Gasteiger partial charge < -0.3 is 10.1 Å². The van der Waals surface area contributed by atoms with E-state index in [-0.39, 0.29) is 10.9 Å². The van der Waals surface area contributed by atoms with Gasteiger partial charge in [-0.05, 0) is 18.2 Å². The number of rotatable bonds is 5. The van der Waals surface area contributed by atoms with Crippen molar-refractivity contribution in [3.05, 3.63) is 46.3 Å². The lowest BCUT2D eigenvalue weighted by Gasteiger charge is -2.26. The molecule has 0 aliphatic carbocycles. The van der Waals surface area contributed by atoms with Gasteiger partial charge >= 0.3 is 0 Å². The minimum Gasteiger partial charge on any atom is -0.379 e.